The summed E-state index contributed by atoms with van der Waals surface area (Å²) in [7, 11) is 0. The number of rotatable bonds is 3. The van der Waals surface area contributed by atoms with E-state index in [1.54, 1.807) is 18.2 Å². The fraction of sp³-hybridized carbons (Fsp3) is 0.467. The van der Waals surface area contributed by atoms with Gasteiger partial charge < -0.3 is 15.3 Å². The molecule has 0 spiro atoms. The molecule has 1 fully saturated rings. The number of carbonyl (C=O) groups is 1. The summed E-state index contributed by atoms with van der Waals surface area (Å²) in [6.07, 6.45) is 2.31. The highest BCUT2D eigenvalue weighted by Crippen LogP contribution is 2.17. The van der Waals surface area contributed by atoms with E-state index >= 15 is 0 Å². The fourth-order valence-electron chi connectivity index (χ4n) is 2.73. The molecule has 0 radical (unpaired) electrons. The third kappa shape index (κ3) is 3.33. The molecule has 0 aliphatic carbocycles. The van der Waals surface area contributed by atoms with Crippen LogP contribution in [0.1, 0.15) is 19.8 Å². The number of hydrogen-bond donors (Lipinski definition) is 3. The van der Waals surface area contributed by atoms with Gasteiger partial charge in [-0.3, -0.25) is 9.69 Å². The number of aromatic nitrogens is 2. The van der Waals surface area contributed by atoms with Crippen LogP contribution in [0.3, 0.4) is 0 Å². The first-order valence-corrected chi connectivity index (χ1v) is 7.34. The summed E-state index contributed by atoms with van der Waals surface area (Å²) in [5.74, 6) is 0.749. The molecule has 1 saturated heterocycles. The Labute approximate surface area is 122 Å². The Morgan fingerprint density at radius 1 is 1.29 bits per heavy atom. The first kappa shape index (κ1) is 13.9. The maximum atomic E-state index is 12.1. The zero-order chi connectivity index (χ0) is 14.8. The third-order valence-electron chi connectivity index (χ3n) is 4.04. The zero-order valence-electron chi connectivity index (χ0n) is 12.1. The average molecular weight is 288 g/mol. The van der Waals surface area contributed by atoms with E-state index in [4.69, 9.17) is 0 Å². The zero-order valence-corrected chi connectivity index (χ0v) is 12.1. The van der Waals surface area contributed by atoms with E-state index < -0.39 is 0 Å². The number of amides is 1. The second-order valence-electron chi connectivity index (χ2n) is 5.85. The van der Waals surface area contributed by atoms with Gasteiger partial charge in [-0.05, 0) is 50.0 Å². The first-order valence-electron chi connectivity index (χ1n) is 7.34. The number of hydrogen-bond acceptors (Lipinski definition) is 3. The molecule has 0 unspecified atom stereocenters. The van der Waals surface area contributed by atoms with Crippen molar-refractivity contribution >= 4 is 22.6 Å². The number of nitrogens with one attached hydrogen (secondary N) is 3. The van der Waals surface area contributed by atoms with E-state index in [2.05, 4.69) is 27.1 Å². The Morgan fingerprint density at radius 2 is 2.00 bits per heavy atom. The quantitative estimate of drug-likeness (QED) is 0.801. The van der Waals surface area contributed by atoms with Crippen molar-refractivity contribution in [2.75, 3.05) is 25.0 Å². The lowest BCUT2D eigenvalue weighted by atomic mass is 9.99. The Balaban J connectivity index is 1.61. The molecule has 3 rings (SSSR count). The molecule has 6 heteroatoms. The number of anilines is 1. The minimum atomic E-state index is -0.240. The number of aromatic amines is 2. The largest absolute Gasteiger partial charge is 0.325 e. The maximum absolute atomic E-state index is 12.1. The molecule has 3 N–H and O–H groups in total. The molecular weight excluding hydrogens is 268 g/mol. The fourth-order valence-corrected chi connectivity index (χ4v) is 2.73. The van der Waals surface area contributed by atoms with Crippen molar-refractivity contribution in [2.45, 2.75) is 19.8 Å². The minimum Gasteiger partial charge on any atom is -0.325 e. The maximum Gasteiger partial charge on any atom is 0.323 e. The summed E-state index contributed by atoms with van der Waals surface area (Å²) < 4.78 is 0. The van der Waals surface area contributed by atoms with Crippen molar-refractivity contribution in [1.29, 1.82) is 0 Å². The second-order valence-corrected chi connectivity index (χ2v) is 5.85. The van der Waals surface area contributed by atoms with Gasteiger partial charge in [0.25, 0.3) is 0 Å². The Bertz CT molecular complexity index is 695. The van der Waals surface area contributed by atoms with Crippen LogP contribution in [0.5, 0.6) is 0 Å². The molecule has 112 valence electrons. The summed E-state index contributed by atoms with van der Waals surface area (Å²) in [6.45, 7) is 4.65. The van der Waals surface area contributed by atoms with Gasteiger partial charge in [-0.1, -0.05) is 6.92 Å². The van der Waals surface area contributed by atoms with E-state index in [9.17, 15) is 9.59 Å². The van der Waals surface area contributed by atoms with Gasteiger partial charge in [0.2, 0.25) is 5.91 Å². The van der Waals surface area contributed by atoms with Gasteiger partial charge in [0.1, 0.15) is 0 Å². The van der Waals surface area contributed by atoms with Gasteiger partial charge >= 0.3 is 5.69 Å². The number of imidazole rings is 1. The van der Waals surface area contributed by atoms with Crippen LogP contribution >= 0.6 is 0 Å². The number of piperidine rings is 1. The van der Waals surface area contributed by atoms with Crippen molar-refractivity contribution in [3.8, 4) is 0 Å². The van der Waals surface area contributed by atoms with Crippen molar-refractivity contribution in [1.82, 2.24) is 14.9 Å². The molecule has 1 aliphatic rings. The van der Waals surface area contributed by atoms with Gasteiger partial charge in [0.15, 0.2) is 0 Å². The van der Waals surface area contributed by atoms with Gasteiger partial charge in [-0.25, -0.2) is 4.79 Å². The lowest BCUT2D eigenvalue weighted by Crippen LogP contribution is -2.38. The number of benzene rings is 1. The Morgan fingerprint density at radius 3 is 2.76 bits per heavy atom. The van der Waals surface area contributed by atoms with Gasteiger partial charge in [-0.2, -0.15) is 0 Å². The molecule has 1 aromatic heterocycles. The lowest BCUT2D eigenvalue weighted by Gasteiger charge is -2.29. The lowest BCUT2D eigenvalue weighted by molar-refractivity contribution is -0.117. The topological polar surface area (TPSA) is 81.0 Å². The average Bonchev–Trinajstić information content (AvgIpc) is 2.80. The van der Waals surface area contributed by atoms with Crippen LogP contribution in [0, 0.1) is 5.92 Å². The van der Waals surface area contributed by atoms with Crippen molar-refractivity contribution in [3.63, 3.8) is 0 Å². The molecule has 6 nitrogen and oxygen atoms in total. The van der Waals surface area contributed by atoms with Crippen LogP contribution in [0.15, 0.2) is 23.0 Å². The molecule has 21 heavy (non-hydrogen) atoms. The summed E-state index contributed by atoms with van der Waals surface area (Å²) in [4.78, 5) is 30.8. The predicted molar refractivity (Wildman–Crippen MR) is 82.4 cm³/mol. The highest BCUT2D eigenvalue weighted by molar-refractivity contribution is 5.94. The van der Waals surface area contributed by atoms with Gasteiger partial charge in [0, 0.05) is 5.69 Å². The smallest absolute Gasteiger partial charge is 0.323 e. The summed E-state index contributed by atoms with van der Waals surface area (Å²) >= 11 is 0. The minimum absolute atomic E-state index is 0.0122. The highest BCUT2D eigenvalue weighted by Gasteiger charge is 2.17. The van der Waals surface area contributed by atoms with Crippen LogP contribution in [0.4, 0.5) is 5.69 Å². The number of H-pyrrole nitrogens is 2. The van der Waals surface area contributed by atoms with E-state index in [0.717, 1.165) is 37.4 Å². The molecule has 0 atom stereocenters. The molecule has 1 aromatic carbocycles. The van der Waals surface area contributed by atoms with Crippen molar-refractivity contribution in [3.05, 3.63) is 28.7 Å². The van der Waals surface area contributed by atoms with Crippen molar-refractivity contribution < 1.29 is 4.79 Å². The summed E-state index contributed by atoms with van der Waals surface area (Å²) in [5.41, 5.74) is 1.90. The predicted octanol–water partition coefficient (Wildman–Crippen LogP) is 1.53. The van der Waals surface area contributed by atoms with E-state index in [0.29, 0.717) is 17.7 Å². The normalized spacial score (nSPS) is 17.2. The van der Waals surface area contributed by atoms with Crippen LogP contribution in [-0.2, 0) is 4.79 Å². The standard InChI is InChI=1S/C15H20N4O2/c1-10-4-6-19(7-5-10)9-14(20)16-11-2-3-12-13(8-11)18-15(21)17-12/h2-3,8,10H,4-7,9H2,1H3,(H,16,20)(H2,17,18,21). The molecule has 2 heterocycles. The van der Waals surface area contributed by atoms with E-state index in [1.165, 1.54) is 0 Å². The highest BCUT2D eigenvalue weighted by atomic mass is 16.2. The monoisotopic (exact) mass is 288 g/mol. The van der Waals surface area contributed by atoms with Crippen LogP contribution in [0.25, 0.3) is 11.0 Å². The molecule has 2 aromatic rings. The first-order chi connectivity index (χ1) is 10.1. The van der Waals surface area contributed by atoms with Crippen molar-refractivity contribution in [2.24, 2.45) is 5.92 Å². The molecule has 1 amide bonds. The Hall–Kier alpha value is -2.08. The van der Waals surface area contributed by atoms with Gasteiger partial charge in [0.05, 0.1) is 17.6 Å². The molecule has 1 aliphatic heterocycles. The van der Waals surface area contributed by atoms with Gasteiger partial charge in [-0.15, -0.1) is 0 Å². The number of fused-ring (bicyclic) bond motifs is 1. The number of likely N-dealkylation sites (tertiary alicyclic amines) is 1. The SMILES string of the molecule is CC1CCN(CC(=O)Nc2ccc3[nH]c(=O)[nH]c3c2)CC1. The van der Waals surface area contributed by atoms with E-state index in [1.807, 2.05) is 0 Å². The third-order valence-corrected chi connectivity index (χ3v) is 4.04. The van der Waals surface area contributed by atoms with Crippen LogP contribution in [-0.4, -0.2) is 40.4 Å². The Kier molecular flexibility index (Phi) is 3.79. The number of nitrogens with zero attached hydrogens (tertiary/aromatic N) is 1. The van der Waals surface area contributed by atoms with Crippen LogP contribution in [0.2, 0.25) is 0 Å². The summed E-state index contributed by atoms with van der Waals surface area (Å²) in [5, 5.41) is 2.89. The van der Waals surface area contributed by atoms with Crippen LogP contribution < -0.4 is 11.0 Å². The van der Waals surface area contributed by atoms with E-state index in [-0.39, 0.29) is 11.6 Å². The number of carbonyl (C=O) groups excluding carboxylic acids is 1. The second kappa shape index (κ2) is 5.73. The molecule has 0 saturated carbocycles. The summed E-state index contributed by atoms with van der Waals surface area (Å²) in [6, 6.07) is 5.34. The molecule has 0 bridgehead atoms. The molecular formula is C15H20N4O2.